The Kier molecular flexibility index (Phi) is 2.23. The van der Waals surface area contributed by atoms with Crippen LogP contribution in [0, 0.1) is 17.1 Å². The minimum Gasteiger partial charge on any atom is -0.489 e. The Bertz CT molecular complexity index is 398. The van der Waals surface area contributed by atoms with Crippen molar-refractivity contribution >= 4 is 0 Å². The van der Waals surface area contributed by atoms with Gasteiger partial charge in [-0.05, 0) is 12.1 Å². The first kappa shape index (κ1) is 8.82. The number of hydrogen-bond acceptors (Lipinski definition) is 3. The average Bonchev–Trinajstić information content (AvgIpc) is 2.44. The monoisotopic (exact) mass is 193 g/mol. The van der Waals surface area contributed by atoms with Crippen LogP contribution in [0.15, 0.2) is 12.1 Å². The highest BCUT2D eigenvalue weighted by Crippen LogP contribution is 2.33. The molecule has 2 rings (SSSR count). The molecule has 0 aromatic heterocycles. The first-order valence-corrected chi connectivity index (χ1v) is 4.31. The number of nitrogens with zero attached hydrogens (tertiary/aromatic N) is 1. The second kappa shape index (κ2) is 3.54. The third-order valence-corrected chi connectivity index (χ3v) is 1.97. The van der Waals surface area contributed by atoms with Gasteiger partial charge < -0.3 is 9.47 Å². The normalized spacial score (nSPS) is 14.3. The third kappa shape index (κ3) is 1.37. The molecule has 1 aliphatic heterocycles. The summed E-state index contributed by atoms with van der Waals surface area (Å²) < 4.78 is 23.9. The molecule has 0 aliphatic carbocycles. The topological polar surface area (TPSA) is 42.2 Å². The van der Waals surface area contributed by atoms with Crippen LogP contribution in [-0.4, -0.2) is 13.2 Å². The Morgan fingerprint density at radius 1 is 1.29 bits per heavy atom. The van der Waals surface area contributed by atoms with Crippen molar-refractivity contribution in [2.75, 3.05) is 13.2 Å². The molecule has 0 unspecified atom stereocenters. The summed E-state index contributed by atoms with van der Waals surface area (Å²) in [6, 6.07) is 4.70. The maximum absolute atomic E-state index is 13.5. The Morgan fingerprint density at radius 3 is 2.86 bits per heavy atom. The van der Waals surface area contributed by atoms with Crippen molar-refractivity contribution < 1.29 is 13.9 Å². The third-order valence-electron chi connectivity index (χ3n) is 1.97. The molecule has 0 bridgehead atoms. The minimum absolute atomic E-state index is 0.0192. The molecule has 72 valence electrons. The molecule has 0 spiro atoms. The summed E-state index contributed by atoms with van der Waals surface area (Å²) in [4.78, 5) is 0. The van der Waals surface area contributed by atoms with Crippen LogP contribution in [0.1, 0.15) is 12.0 Å². The fourth-order valence-electron chi connectivity index (χ4n) is 1.29. The molecule has 0 fully saturated rings. The molecule has 0 amide bonds. The molecule has 0 saturated heterocycles. The molecule has 1 aliphatic rings. The number of fused-ring (bicyclic) bond motifs is 1. The van der Waals surface area contributed by atoms with E-state index >= 15 is 0 Å². The van der Waals surface area contributed by atoms with Gasteiger partial charge in [-0.25, -0.2) is 4.39 Å². The van der Waals surface area contributed by atoms with Gasteiger partial charge in [-0.2, -0.15) is 5.26 Å². The van der Waals surface area contributed by atoms with Crippen LogP contribution >= 0.6 is 0 Å². The van der Waals surface area contributed by atoms with Gasteiger partial charge in [0.25, 0.3) is 0 Å². The van der Waals surface area contributed by atoms with E-state index in [9.17, 15) is 4.39 Å². The van der Waals surface area contributed by atoms with Gasteiger partial charge in [-0.3, -0.25) is 0 Å². The maximum Gasteiger partial charge on any atom is 0.198 e. The molecule has 4 heteroatoms. The van der Waals surface area contributed by atoms with Crippen molar-refractivity contribution in [2.45, 2.75) is 6.42 Å². The van der Waals surface area contributed by atoms with E-state index in [-0.39, 0.29) is 11.3 Å². The summed E-state index contributed by atoms with van der Waals surface area (Å²) in [5.74, 6) is -0.201. The molecule has 1 heterocycles. The molecule has 3 nitrogen and oxygen atoms in total. The van der Waals surface area contributed by atoms with Crippen LogP contribution in [0.2, 0.25) is 0 Å². The van der Waals surface area contributed by atoms with Gasteiger partial charge in [0.2, 0.25) is 0 Å². The molecule has 0 saturated carbocycles. The quantitative estimate of drug-likeness (QED) is 0.631. The number of rotatable bonds is 0. The van der Waals surface area contributed by atoms with Crippen LogP contribution in [0.5, 0.6) is 11.5 Å². The van der Waals surface area contributed by atoms with Crippen molar-refractivity contribution in [1.82, 2.24) is 0 Å². The molecule has 0 N–H and O–H groups in total. The highest BCUT2D eigenvalue weighted by Gasteiger charge is 2.17. The molecule has 0 atom stereocenters. The number of hydrogen-bond donors (Lipinski definition) is 0. The van der Waals surface area contributed by atoms with Crippen molar-refractivity contribution in [1.29, 1.82) is 5.26 Å². The summed E-state index contributed by atoms with van der Waals surface area (Å²) in [5.41, 5.74) is -0.0192. The summed E-state index contributed by atoms with van der Waals surface area (Å²) >= 11 is 0. The molecule has 1 aromatic rings. The fourth-order valence-corrected chi connectivity index (χ4v) is 1.29. The van der Waals surface area contributed by atoms with Gasteiger partial charge in [0, 0.05) is 6.42 Å². The lowest BCUT2D eigenvalue weighted by molar-refractivity contribution is 0.292. The molecular formula is C10H8FNO2. The second-order valence-electron chi connectivity index (χ2n) is 2.92. The Hall–Kier alpha value is -1.76. The summed E-state index contributed by atoms with van der Waals surface area (Å²) in [5, 5.41) is 8.60. The predicted octanol–water partition coefficient (Wildman–Crippen LogP) is 1.86. The summed E-state index contributed by atoms with van der Waals surface area (Å²) in [6.07, 6.45) is 0.718. The lowest BCUT2D eigenvalue weighted by atomic mass is 10.2. The lowest BCUT2D eigenvalue weighted by Gasteiger charge is -2.07. The number of nitriles is 1. The van der Waals surface area contributed by atoms with Crippen LogP contribution in [-0.2, 0) is 0 Å². The van der Waals surface area contributed by atoms with E-state index in [1.54, 1.807) is 12.1 Å². The van der Waals surface area contributed by atoms with Crippen LogP contribution in [0.4, 0.5) is 4.39 Å². The first-order valence-electron chi connectivity index (χ1n) is 4.31. The standard InChI is InChI=1S/C10H8FNO2/c11-9-7(6-12)2-3-8-10(9)14-5-1-4-13-8/h2-3H,1,4-5H2. The van der Waals surface area contributed by atoms with E-state index in [0.29, 0.717) is 19.0 Å². The second-order valence-corrected chi connectivity index (χ2v) is 2.92. The van der Waals surface area contributed by atoms with E-state index in [4.69, 9.17) is 14.7 Å². The van der Waals surface area contributed by atoms with Gasteiger partial charge in [-0.15, -0.1) is 0 Å². The zero-order valence-corrected chi connectivity index (χ0v) is 7.42. The van der Waals surface area contributed by atoms with E-state index < -0.39 is 5.82 Å². The van der Waals surface area contributed by atoms with Gasteiger partial charge >= 0.3 is 0 Å². The van der Waals surface area contributed by atoms with Gasteiger partial charge in [-0.1, -0.05) is 0 Å². The average molecular weight is 193 g/mol. The highest BCUT2D eigenvalue weighted by atomic mass is 19.1. The van der Waals surface area contributed by atoms with Gasteiger partial charge in [0.15, 0.2) is 17.3 Å². The highest BCUT2D eigenvalue weighted by molar-refractivity contribution is 5.48. The first-order chi connectivity index (χ1) is 6.83. The summed E-state index contributed by atoms with van der Waals surface area (Å²) in [7, 11) is 0. The van der Waals surface area contributed by atoms with Crippen molar-refractivity contribution in [3.63, 3.8) is 0 Å². The molecule has 0 radical (unpaired) electrons. The van der Waals surface area contributed by atoms with Gasteiger partial charge in [0.1, 0.15) is 6.07 Å². The fraction of sp³-hybridized carbons (Fsp3) is 0.300. The SMILES string of the molecule is N#Cc1ccc2c(c1F)OCCCO2. The zero-order chi connectivity index (χ0) is 9.97. The Labute approximate surface area is 80.7 Å². The summed E-state index contributed by atoms with van der Waals surface area (Å²) in [6.45, 7) is 0.928. The van der Waals surface area contributed by atoms with Crippen LogP contribution in [0.25, 0.3) is 0 Å². The van der Waals surface area contributed by atoms with Crippen molar-refractivity contribution in [2.24, 2.45) is 0 Å². The molecular weight excluding hydrogens is 185 g/mol. The Balaban J connectivity index is 2.51. The maximum atomic E-state index is 13.5. The van der Waals surface area contributed by atoms with Crippen molar-refractivity contribution in [3.8, 4) is 17.6 Å². The van der Waals surface area contributed by atoms with Crippen LogP contribution < -0.4 is 9.47 Å². The van der Waals surface area contributed by atoms with E-state index in [1.165, 1.54) is 6.07 Å². The van der Waals surface area contributed by atoms with E-state index in [2.05, 4.69) is 0 Å². The smallest absolute Gasteiger partial charge is 0.198 e. The lowest BCUT2D eigenvalue weighted by Crippen LogP contribution is -1.98. The van der Waals surface area contributed by atoms with Gasteiger partial charge in [0.05, 0.1) is 18.8 Å². The van der Waals surface area contributed by atoms with Crippen molar-refractivity contribution in [3.05, 3.63) is 23.5 Å². The number of benzene rings is 1. The zero-order valence-electron chi connectivity index (χ0n) is 7.42. The Morgan fingerprint density at radius 2 is 2.07 bits per heavy atom. The molecule has 1 aromatic carbocycles. The molecule has 14 heavy (non-hydrogen) atoms. The van der Waals surface area contributed by atoms with Crippen LogP contribution in [0.3, 0.4) is 0 Å². The van der Waals surface area contributed by atoms with E-state index in [0.717, 1.165) is 6.42 Å². The van der Waals surface area contributed by atoms with E-state index in [1.807, 2.05) is 0 Å². The number of halogens is 1. The minimum atomic E-state index is -0.633. The predicted molar refractivity (Wildman–Crippen MR) is 46.7 cm³/mol. The number of ether oxygens (including phenoxy) is 2. The largest absolute Gasteiger partial charge is 0.489 e.